The predicted octanol–water partition coefficient (Wildman–Crippen LogP) is 5.13. The molecule has 0 N–H and O–H groups in total. The number of nitrogens with zero attached hydrogens (tertiary/aromatic N) is 1. The number of esters is 2. The molecule has 7 nitrogen and oxygen atoms in total. The van der Waals surface area contributed by atoms with Gasteiger partial charge in [-0.25, -0.2) is 9.59 Å². The van der Waals surface area contributed by atoms with Gasteiger partial charge in [-0.3, -0.25) is 4.79 Å². The smallest absolute Gasteiger partial charge is 0.337 e. The van der Waals surface area contributed by atoms with Gasteiger partial charge in [0, 0.05) is 24.9 Å². The van der Waals surface area contributed by atoms with Crippen LogP contribution in [0.4, 0.5) is 0 Å². The summed E-state index contributed by atoms with van der Waals surface area (Å²) in [5.41, 5.74) is 2.78. The summed E-state index contributed by atoms with van der Waals surface area (Å²) >= 11 is 0. The lowest BCUT2D eigenvalue weighted by Crippen LogP contribution is -2.62. The summed E-state index contributed by atoms with van der Waals surface area (Å²) < 4.78 is 15.9. The van der Waals surface area contributed by atoms with Crippen molar-refractivity contribution >= 4 is 17.8 Å². The molecule has 0 aromatic heterocycles. The maximum Gasteiger partial charge on any atom is 0.337 e. The van der Waals surface area contributed by atoms with Gasteiger partial charge in [-0.15, -0.1) is 0 Å². The third-order valence-corrected chi connectivity index (χ3v) is 7.36. The van der Waals surface area contributed by atoms with Crippen LogP contribution in [0.5, 0.6) is 5.75 Å². The topological polar surface area (TPSA) is 82.1 Å². The highest BCUT2D eigenvalue weighted by Crippen LogP contribution is 2.38. The van der Waals surface area contributed by atoms with Crippen LogP contribution in [-0.4, -0.2) is 49.6 Å². The van der Waals surface area contributed by atoms with E-state index in [0.29, 0.717) is 16.9 Å². The van der Waals surface area contributed by atoms with Crippen molar-refractivity contribution in [3.63, 3.8) is 0 Å². The van der Waals surface area contributed by atoms with Crippen molar-refractivity contribution in [1.29, 1.82) is 0 Å². The quantitative estimate of drug-likeness (QED) is 0.412. The van der Waals surface area contributed by atoms with Crippen molar-refractivity contribution in [2.75, 3.05) is 21.3 Å². The maximum absolute atomic E-state index is 14.3. The van der Waals surface area contributed by atoms with Gasteiger partial charge >= 0.3 is 11.9 Å². The van der Waals surface area contributed by atoms with Crippen molar-refractivity contribution in [2.24, 2.45) is 0 Å². The van der Waals surface area contributed by atoms with Crippen LogP contribution in [0.2, 0.25) is 0 Å². The van der Waals surface area contributed by atoms with E-state index in [0.717, 1.165) is 22.3 Å². The molecule has 204 valence electrons. The highest BCUT2D eigenvalue weighted by molar-refractivity contribution is 5.99. The fourth-order valence-corrected chi connectivity index (χ4v) is 5.32. The fourth-order valence-electron chi connectivity index (χ4n) is 5.32. The fraction of sp³-hybridized carbons (Fsp3) is 0.344. The molecule has 0 spiro atoms. The van der Waals surface area contributed by atoms with Crippen molar-refractivity contribution in [2.45, 2.75) is 51.1 Å². The summed E-state index contributed by atoms with van der Waals surface area (Å²) in [5.74, 6) is -0.681. The van der Waals surface area contributed by atoms with Gasteiger partial charge in [0.2, 0.25) is 0 Å². The molecule has 1 amide bonds. The van der Waals surface area contributed by atoms with Crippen LogP contribution in [0, 0.1) is 0 Å². The Labute approximate surface area is 229 Å². The first-order valence-corrected chi connectivity index (χ1v) is 12.9. The van der Waals surface area contributed by atoms with Gasteiger partial charge in [0.1, 0.15) is 11.3 Å². The Hall–Kier alpha value is -4.13. The molecule has 4 rings (SSSR count). The Morgan fingerprint density at radius 1 is 0.846 bits per heavy atom. The molecule has 1 heterocycles. The largest absolute Gasteiger partial charge is 0.496 e. The second kappa shape index (κ2) is 10.9. The minimum Gasteiger partial charge on any atom is -0.496 e. The van der Waals surface area contributed by atoms with E-state index in [2.05, 4.69) is 20.8 Å². The first-order valence-electron chi connectivity index (χ1n) is 12.9. The predicted molar refractivity (Wildman–Crippen MR) is 148 cm³/mol. The first-order chi connectivity index (χ1) is 18.5. The molecule has 0 aliphatic carbocycles. The lowest BCUT2D eigenvalue weighted by Gasteiger charge is -2.46. The van der Waals surface area contributed by atoms with Crippen molar-refractivity contribution in [1.82, 2.24) is 4.90 Å². The molecule has 0 fully saturated rings. The number of benzene rings is 3. The zero-order chi connectivity index (χ0) is 28.4. The number of hydrogen-bond acceptors (Lipinski definition) is 6. The third kappa shape index (κ3) is 5.39. The molecule has 1 atom stereocenters. The number of rotatable bonds is 6. The van der Waals surface area contributed by atoms with E-state index in [1.54, 1.807) is 36.3 Å². The number of hydrogen-bond donors (Lipinski definition) is 0. The van der Waals surface area contributed by atoms with Crippen LogP contribution in [0.3, 0.4) is 0 Å². The van der Waals surface area contributed by atoms with Gasteiger partial charge in [0.05, 0.1) is 26.9 Å². The van der Waals surface area contributed by atoms with Gasteiger partial charge < -0.3 is 19.1 Å². The molecule has 0 bridgehead atoms. The van der Waals surface area contributed by atoms with Gasteiger partial charge in [0.15, 0.2) is 0 Å². The number of amides is 1. The van der Waals surface area contributed by atoms with Crippen LogP contribution >= 0.6 is 0 Å². The Balaban J connectivity index is 1.87. The number of carbonyl (C=O) groups is 3. The summed E-state index contributed by atoms with van der Waals surface area (Å²) in [6, 6.07) is 20.2. The summed E-state index contributed by atoms with van der Waals surface area (Å²) in [4.78, 5) is 41.9. The standard InChI is InChI=1S/C32H35NO6/c1-31(2,3)26-15-14-22(17-27(26)37-4)28(34)33-20-24-13-12-23(29(35)38-5)16-25(24)19-32(33,30(36)39-6)18-21-10-8-7-9-11-21/h7-17H,18-20H2,1-6H3. The Kier molecular flexibility index (Phi) is 7.82. The maximum atomic E-state index is 14.3. The Bertz CT molecular complexity index is 1390. The average Bonchev–Trinajstić information content (AvgIpc) is 2.94. The van der Waals surface area contributed by atoms with E-state index in [9.17, 15) is 14.4 Å². The molecule has 3 aromatic carbocycles. The SMILES string of the molecule is COC(=O)c1ccc2c(c1)CC(Cc1ccccc1)(C(=O)OC)N(C(=O)c1ccc(C(C)(C)C)c(OC)c1)C2. The lowest BCUT2D eigenvalue weighted by molar-refractivity contribution is -0.154. The van der Waals surface area contributed by atoms with Gasteiger partial charge in [-0.1, -0.05) is 63.2 Å². The van der Waals surface area contributed by atoms with Gasteiger partial charge in [0.25, 0.3) is 5.91 Å². The van der Waals surface area contributed by atoms with Crippen LogP contribution in [0.15, 0.2) is 66.7 Å². The minimum atomic E-state index is -1.34. The summed E-state index contributed by atoms with van der Waals surface area (Å²) in [7, 11) is 4.25. The number of methoxy groups -OCH3 is 3. The molecular formula is C32H35NO6. The van der Waals surface area contributed by atoms with Gasteiger partial charge in [-0.05, 0) is 51.9 Å². The molecule has 7 heteroatoms. The zero-order valence-corrected chi connectivity index (χ0v) is 23.4. The number of carbonyl (C=O) groups excluding carboxylic acids is 3. The molecule has 1 unspecified atom stereocenters. The molecule has 0 saturated heterocycles. The van der Waals surface area contributed by atoms with E-state index in [4.69, 9.17) is 14.2 Å². The third-order valence-electron chi connectivity index (χ3n) is 7.36. The highest BCUT2D eigenvalue weighted by Gasteiger charge is 2.50. The van der Waals surface area contributed by atoms with Crippen LogP contribution in [0.25, 0.3) is 0 Å². The van der Waals surface area contributed by atoms with Crippen LogP contribution in [-0.2, 0) is 39.1 Å². The second-order valence-electron chi connectivity index (χ2n) is 10.9. The van der Waals surface area contributed by atoms with Gasteiger partial charge in [-0.2, -0.15) is 0 Å². The van der Waals surface area contributed by atoms with Crippen molar-refractivity contribution in [3.8, 4) is 5.75 Å². The summed E-state index contributed by atoms with van der Waals surface area (Å²) in [6.07, 6.45) is 0.420. The summed E-state index contributed by atoms with van der Waals surface area (Å²) in [5, 5.41) is 0. The molecule has 1 aliphatic heterocycles. The molecule has 3 aromatic rings. The monoisotopic (exact) mass is 529 g/mol. The molecular weight excluding hydrogens is 494 g/mol. The zero-order valence-electron chi connectivity index (χ0n) is 23.4. The van der Waals surface area contributed by atoms with E-state index < -0.39 is 17.5 Å². The van der Waals surface area contributed by atoms with Crippen LogP contribution < -0.4 is 4.74 Å². The Morgan fingerprint density at radius 2 is 1.54 bits per heavy atom. The minimum absolute atomic E-state index is 0.168. The number of ether oxygens (including phenoxy) is 3. The molecule has 0 saturated carbocycles. The van der Waals surface area contributed by atoms with E-state index in [1.165, 1.54) is 14.2 Å². The van der Waals surface area contributed by atoms with Crippen molar-refractivity contribution < 1.29 is 28.6 Å². The van der Waals surface area contributed by atoms with Crippen LogP contribution in [0.1, 0.15) is 63.7 Å². The molecule has 0 radical (unpaired) electrons. The Morgan fingerprint density at radius 3 is 2.15 bits per heavy atom. The second-order valence-corrected chi connectivity index (χ2v) is 10.9. The lowest BCUT2D eigenvalue weighted by atomic mass is 9.77. The van der Waals surface area contributed by atoms with Crippen molar-refractivity contribution in [3.05, 3.63) is 100 Å². The molecule has 39 heavy (non-hydrogen) atoms. The van der Waals surface area contributed by atoms with E-state index in [-0.39, 0.29) is 30.7 Å². The average molecular weight is 530 g/mol. The molecule has 1 aliphatic rings. The summed E-state index contributed by atoms with van der Waals surface area (Å²) in [6.45, 7) is 6.41. The normalized spacial score (nSPS) is 16.7. The van der Waals surface area contributed by atoms with E-state index in [1.807, 2.05) is 42.5 Å². The number of fused-ring (bicyclic) bond motifs is 1. The van der Waals surface area contributed by atoms with E-state index >= 15 is 0 Å². The highest BCUT2D eigenvalue weighted by atomic mass is 16.5. The first kappa shape index (κ1) is 27.9.